The first-order valence-electron chi connectivity index (χ1n) is 8.95. The first-order valence-corrected chi connectivity index (χ1v) is 9.70. The van der Waals surface area contributed by atoms with Crippen LogP contribution in [0, 0.1) is 0 Å². The minimum atomic E-state index is -0.528. The van der Waals surface area contributed by atoms with Gasteiger partial charge in [-0.2, -0.15) is 5.10 Å². The number of benzene rings is 3. The first-order chi connectivity index (χ1) is 14.9. The number of phenolic OH excluding ortho intramolecular Hbond substituents is 1. The molecule has 0 aliphatic carbocycles. The second-order valence-corrected chi connectivity index (χ2v) is 7.10. The number of anilines is 1. The molecule has 0 aromatic heterocycles. The number of carbonyl (C=O) groups excluding carboxylic acids is 2. The molecular weight excluding hydrogens is 441 g/mol. The summed E-state index contributed by atoms with van der Waals surface area (Å²) in [5, 5.41) is 16.8. The molecule has 0 aliphatic rings. The summed E-state index contributed by atoms with van der Waals surface area (Å²) in [5.74, 6) is -0.736. The van der Waals surface area contributed by atoms with Crippen LogP contribution in [0.3, 0.4) is 0 Å². The summed E-state index contributed by atoms with van der Waals surface area (Å²) >= 11 is 11.9. The number of halogens is 2. The quantitative estimate of drug-likeness (QED) is 0.368. The fraction of sp³-hybridized carbons (Fsp3) is 0.0455. The highest BCUT2D eigenvalue weighted by molar-refractivity contribution is 6.37. The van der Waals surface area contributed by atoms with Crippen LogP contribution in [-0.4, -0.2) is 30.2 Å². The molecule has 31 heavy (non-hydrogen) atoms. The molecule has 0 radical (unpaired) electrons. The van der Waals surface area contributed by atoms with Gasteiger partial charge in [0.05, 0.1) is 35.2 Å². The lowest BCUT2D eigenvalue weighted by molar-refractivity contribution is 0.0956. The summed E-state index contributed by atoms with van der Waals surface area (Å²) in [4.78, 5) is 25.2. The van der Waals surface area contributed by atoms with Crippen molar-refractivity contribution in [3.05, 3.63) is 87.4 Å². The van der Waals surface area contributed by atoms with E-state index in [2.05, 4.69) is 15.8 Å². The van der Waals surface area contributed by atoms with Crippen molar-refractivity contribution >= 4 is 46.9 Å². The van der Waals surface area contributed by atoms with E-state index in [0.717, 1.165) is 0 Å². The highest BCUT2D eigenvalue weighted by atomic mass is 35.5. The van der Waals surface area contributed by atoms with Gasteiger partial charge in [-0.05, 0) is 54.1 Å². The molecule has 0 unspecified atom stereocenters. The van der Waals surface area contributed by atoms with E-state index in [9.17, 15) is 14.7 Å². The number of para-hydroxylation sites is 1. The Morgan fingerprint density at radius 1 is 1.00 bits per heavy atom. The molecule has 3 rings (SSSR count). The van der Waals surface area contributed by atoms with Gasteiger partial charge >= 0.3 is 0 Å². The van der Waals surface area contributed by atoms with E-state index in [0.29, 0.717) is 10.6 Å². The van der Waals surface area contributed by atoms with Crippen LogP contribution >= 0.6 is 23.2 Å². The van der Waals surface area contributed by atoms with Crippen LogP contribution in [0.2, 0.25) is 10.0 Å². The van der Waals surface area contributed by atoms with E-state index >= 15 is 0 Å². The minimum absolute atomic E-state index is 0.00542. The van der Waals surface area contributed by atoms with Crippen molar-refractivity contribution in [1.82, 2.24) is 5.43 Å². The molecule has 0 saturated heterocycles. The largest absolute Gasteiger partial charge is 0.504 e. The van der Waals surface area contributed by atoms with Gasteiger partial charge in [0.2, 0.25) is 0 Å². The van der Waals surface area contributed by atoms with Crippen LogP contribution in [0.25, 0.3) is 0 Å². The molecule has 7 nitrogen and oxygen atoms in total. The predicted octanol–water partition coefficient (Wildman–Crippen LogP) is 4.72. The number of amides is 2. The molecule has 0 heterocycles. The SMILES string of the molecule is COc1cc(/C=N\NC(=O)c2ccccc2NC(=O)c2ccc(Cl)cc2Cl)ccc1O. The van der Waals surface area contributed by atoms with Gasteiger partial charge < -0.3 is 15.2 Å². The van der Waals surface area contributed by atoms with Gasteiger partial charge in [0.25, 0.3) is 11.8 Å². The van der Waals surface area contributed by atoms with Crippen LogP contribution in [0.5, 0.6) is 11.5 Å². The molecular formula is C22H17Cl2N3O4. The number of carbonyl (C=O) groups is 2. The number of nitrogens with zero attached hydrogens (tertiary/aromatic N) is 1. The summed E-state index contributed by atoms with van der Waals surface area (Å²) in [6, 6.07) is 15.6. The average Bonchev–Trinajstić information content (AvgIpc) is 2.75. The lowest BCUT2D eigenvalue weighted by Crippen LogP contribution is -2.21. The lowest BCUT2D eigenvalue weighted by atomic mass is 10.1. The number of rotatable bonds is 6. The molecule has 3 N–H and O–H groups in total. The Kier molecular flexibility index (Phi) is 7.12. The van der Waals surface area contributed by atoms with Crippen molar-refractivity contribution in [2.75, 3.05) is 12.4 Å². The number of ether oxygens (including phenoxy) is 1. The number of phenols is 1. The maximum Gasteiger partial charge on any atom is 0.273 e. The molecule has 3 aromatic rings. The molecule has 0 fully saturated rings. The molecule has 0 aliphatic heterocycles. The monoisotopic (exact) mass is 457 g/mol. The third-order valence-electron chi connectivity index (χ3n) is 4.18. The van der Waals surface area contributed by atoms with Crippen LogP contribution in [-0.2, 0) is 0 Å². The third kappa shape index (κ3) is 5.53. The van der Waals surface area contributed by atoms with Gasteiger partial charge in [0.1, 0.15) is 0 Å². The van der Waals surface area contributed by atoms with E-state index in [-0.39, 0.29) is 33.3 Å². The molecule has 0 saturated carbocycles. The Bertz CT molecular complexity index is 1170. The van der Waals surface area contributed by atoms with E-state index in [1.54, 1.807) is 42.5 Å². The number of hydrogen-bond acceptors (Lipinski definition) is 5. The smallest absolute Gasteiger partial charge is 0.273 e. The number of aromatic hydroxyl groups is 1. The maximum absolute atomic E-state index is 12.6. The Hall–Kier alpha value is -3.55. The first kappa shape index (κ1) is 22.1. The van der Waals surface area contributed by atoms with Crippen molar-refractivity contribution in [2.24, 2.45) is 5.10 Å². The topological polar surface area (TPSA) is 100 Å². The van der Waals surface area contributed by atoms with Gasteiger partial charge in [0, 0.05) is 5.02 Å². The Morgan fingerprint density at radius 3 is 2.52 bits per heavy atom. The van der Waals surface area contributed by atoms with Gasteiger partial charge in [-0.15, -0.1) is 0 Å². The van der Waals surface area contributed by atoms with Crippen molar-refractivity contribution in [1.29, 1.82) is 0 Å². The summed E-state index contributed by atoms with van der Waals surface area (Å²) < 4.78 is 5.03. The van der Waals surface area contributed by atoms with Gasteiger partial charge in [-0.1, -0.05) is 35.3 Å². The Morgan fingerprint density at radius 2 is 1.77 bits per heavy atom. The van der Waals surface area contributed by atoms with E-state index in [1.165, 1.54) is 31.5 Å². The van der Waals surface area contributed by atoms with Crippen LogP contribution in [0.1, 0.15) is 26.3 Å². The number of methoxy groups -OCH3 is 1. The van der Waals surface area contributed by atoms with E-state index in [4.69, 9.17) is 27.9 Å². The van der Waals surface area contributed by atoms with Crippen LogP contribution in [0.15, 0.2) is 65.8 Å². The molecule has 9 heteroatoms. The van der Waals surface area contributed by atoms with Gasteiger partial charge in [0.15, 0.2) is 11.5 Å². The Labute approximate surface area is 188 Å². The second-order valence-electron chi connectivity index (χ2n) is 6.25. The summed E-state index contributed by atoms with van der Waals surface area (Å²) in [6.45, 7) is 0. The van der Waals surface area contributed by atoms with Crippen molar-refractivity contribution < 1.29 is 19.4 Å². The second kappa shape index (κ2) is 9.97. The fourth-order valence-corrected chi connectivity index (χ4v) is 3.15. The van der Waals surface area contributed by atoms with Crippen molar-refractivity contribution in [3.63, 3.8) is 0 Å². The highest BCUT2D eigenvalue weighted by Gasteiger charge is 2.16. The van der Waals surface area contributed by atoms with Crippen LogP contribution in [0.4, 0.5) is 5.69 Å². The maximum atomic E-state index is 12.6. The minimum Gasteiger partial charge on any atom is -0.504 e. The number of hydrazone groups is 1. The number of hydrogen-bond donors (Lipinski definition) is 3. The summed E-state index contributed by atoms with van der Waals surface area (Å²) in [7, 11) is 1.43. The van der Waals surface area contributed by atoms with E-state index in [1.807, 2.05) is 0 Å². The predicted molar refractivity (Wildman–Crippen MR) is 121 cm³/mol. The normalized spacial score (nSPS) is 10.7. The molecule has 3 aromatic carbocycles. The van der Waals surface area contributed by atoms with Gasteiger partial charge in [-0.25, -0.2) is 5.43 Å². The molecule has 2 amide bonds. The fourth-order valence-electron chi connectivity index (χ4n) is 2.65. The zero-order valence-corrected chi connectivity index (χ0v) is 17.7. The Balaban J connectivity index is 1.73. The standard InChI is InChI=1S/C22H17Cl2N3O4/c1-31-20-10-13(6-9-19(20)28)12-25-27-22(30)16-4-2-3-5-18(16)26-21(29)15-8-7-14(23)11-17(15)24/h2-12,28H,1H3,(H,26,29)(H,27,30)/b25-12-. The molecule has 0 bridgehead atoms. The number of nitrogens with one attached hydrogen (secondary N) is 2. The van der Waals surface area contributed by atoms with Crippen molar-refractivity contribution in [3.8, 4) is 11.5 Å². The van der Waals surface area contributed by atoms with E-state index < -0.39 is 11.8 Å². The third-order valence-corrected chi connectivity index (χ3v) is 4.73. The highest BCUT2D eigenvalue weighted by Crippen LogP contribution is 2.26. The zero-order chi connectivity index (χ0) is 22.4. The molecule has 0 atom stereocenters. The summed E-state index contributed by atoms with van der Waals surface area (Å²) in [6.07, 6.45) is 1.40. The van der Waals surface area contributed by atoms with Crippen LogP contribution < -0.4 is 15.5 Å². The molecule has 0 spiro atoms. The van der Waals surface area contributed by atoms with Crippen molar-refractivity contribution in [2.45, 2.75) is 0 Å². The average molecular weight is 458 g/mol. The van der Waals surface area contributed by atoms with Gasteiger partial charge in [-0.3, -0.25) is 9.59 Å². The summed E-state index contributed by atoms with van der Waals surface area (Å²) in [5.41, 5.74) is 3.73. The molecule has 158 valence electrons. The zero-order valence-electron chi connectivity index (χ0n) is 16.2. The lowest BCUT2D eigenvalue weighted by Gasteiger charge is -2.11.